The van der Waals surface area contributed by atoms with E-state index in [0.717, 1.165) is 65.6 Å². The van der Waals surface area contributed by atoms with Gasteiger partial charge in [0.05, 0.1) is 11.1 Å². The van der Waals surface area contributed by atoms with E-state index in [2.05, 4.69) is 56.5 Å². The number of fused-ring (bicyclic) bond motifs is 1. The number of aromatic nitrogens is 3. The van der Waals surface area contributed by atoms with Crippen LogP contribution in [0.15, 0.2) is 36.5 Å². The first-order chi connectivity index (χ1) is 16.6. The highest BCUT2D eigenvalue weighted by Crippen LogP contribution is 2.43. The number of aromatic amines is 1. The summed E-state index contributed by atoms with van der Waals surface area (Å²) in [5, 5.41) is 12.4. The number of benzene rings is 1. The number of anilines is 1. The van der Waals surface area contributed by atoms with E-state index in [-0.39, 0.29) is 5.60 Å². The molecule has 3 aliphatic heterocycles. The van der Waals surface area contributed by atoms with Crippen LogP contribution in [-0.4, -0.2) is 70.5 Å². The largest absolute Gasteiger partial charge is 0.488 e. The van der Waals surface area contributed by atoms with Gasteiger partial charge < -0.3 is 15.0 Å². The van der Waals surface area contributed by atoms with Crippen LogP contribution in [-0.2, 0) is 0 Å². The Morgan fingerprint density at radius 1 is 1.09 bits per heavy atom. The molecule has 4 fully saturated rings. The smallest absolute Gasteiger partial charge is 0.129 e. The number of likely N-dealkylation sites (tertiary alicyclic amines) is 1. The molecule has 3 aromatic rings. The minimum absolute atomic E-state index is 0.0121. The molecule has 7 heteroatoms. The summed E-state index contributed by atoms with van der Waals surface area (Å²) in [6.07, 6.45) is 8.15. The van der Waals surface area contributed by atoms with Gasteiger partial charge in [0, 0.05) is 43.3 Å². The fourth-order valence-electron chi connectivity index (χ4n) is 6.01. The van der Waals surface area contributed by atoms with Crippen molar-refractivity contribution in [3.05, 3.63) is 36.5 Å². The monoisotopic (exact) mass is 458 g/mol. The number of rotatable bonds is 6. The second kappa shape index (κ2) is 7.68. The van der Waals surface area contributed by atoms with Crippen molar-refractivity contribution in [2.75, 3.05) is 44.2 Å². The fraction of sp³-hybridized carbons (Fsp3) is 0.556. The maximum Gasteiger partial charge on any atom is 0.129 e. The van der Waals surface area contributed by atoms with E-state index in [9.17, 15) is 0 Å². The zero-order valence-electron chi connectivity index (χ0n) is 20.0. The summed E-state index contributed by atoms with van der Waals surface area (Å²) in [5.41, 5.74) is 3.50. The van der Waals surface area contributed by atoms with Crippen molar-refractivity contribution >= 4 is 16.7 Å². The summed E-state index contributed by atoms with van der Waals surface area (Å²) in [4.78, 5) is 9.92. The van der Waals surface area contributed by atoms with Gasteiger partial charge in [-0.1, -0.05) is 0 Å². The molecule has 3 saturated heterocycles. The number of hydrogen-bond acceptors (Lipinski definition) is 6. The summed E-state index contributed by atoms with van der Waals surface area (Å²) in [7, 11) is 0. The molecule has 2 N–H and O–H groups in total. The molecule has 4 aliphatic rings. The second-order valence-electron chi connectivity index (χ2n) is 11.2. The number of H-pyrrole nitrogens is 1. The molecule has 5 heterocycles. The van der Waals surface area contributed by atoms with Gasteiger partial charge in [-0.05, 0) is 88.4 Å². The predicted octanol–water partition coefficient (Wildman–Crippen LogP) is 3.82. The van der Waals surface area contributed by atoms with Gasteiger partial charge in [0.2, 0.25) is 0 Å². The molecule has 0 bridgehead atoms. The van der Waals surface area contributed by atoms with Gasteiger partial charge in [0.1, 0.15) is 22.9 Å². The zero-order chi connectivity index (χ0) is 22.8. The summed E-state index contributed by atoms with van der Waals surface area (Å²) < 4.78 is 6.21. The quantitative estimate of drug-likeness (QED) is 0.585. The lowest BCUT2D eigenvalue weighted by Gasteiger charge is -2.63. The van der Waals surface area contributed by atoms with Crippen molar-refractivity contribution in [3.8, 4) is 17.0 Å². The molecule has 0 amide bonds. The molecule has 7 nitrogen and oxygen atoms in total. The molecule has 7 rings (SSSR count). The Labute approximate surface area is 200 Å². The molecule has 178 valence electrons. The van der Waals surface area contributed by atoms with Crippen LogP contribution in [0.3, 0.4) is 0 Å². The van der Waals surface area contributed by atoms with Gasteiger partial charge in [-0.25, -0.2) is 4.98 Å². The van der Waals surface area contributed by atoms with Crippen LogP contribution in [0.2, 0.25) is 0 Å². The number of nitrogens with one attached hydrogen (secondary N) is 2. The SMILES string of the molecule is CC1(Oc2ccc3[nH]nc(-c4ccnc(N5CC6(CCN6CC6CCNCC6)C5)c4)c3c2)CC1. The first-order valence-electron chi connectivity index (χ1n) is 12.9. The van der Waals surface area contributed by atoms with Crippen LogP contribution in [0.25, 0.3) is 22.2 Å². The highest BCUT2D eigenvalue weighted by Gasteiger charge is 2.53. The lowest BCUT2D eigenvalue weighted by molar-refractivity contribution is -0.0491. The van der Waals surface area contributed by atoms with Crippen molar-refractivity contribution < 1.29 is 4.74 Å². The number of pyridine rings is 1. The van der Waals surface area contributed by atoms with E-state index in [1.807, 2.05) is 12.3 Å². The van der Waals surface area contributed by atoms with Gasteiger partial charge in [0.25, 0.3) is 0 Å². The van der Waals surface area contributed by atoms with E-state index in [1.165, 1.54) is 45.4 Å². The minimum Gasteiger partial charge on any atom is -0.488 e. The van der Waals surface area contributed by atoms with Crippen molar-refractivity contribution in [2.45, 2.75) is 50.2 Å². The van der Waals surface area contributed by atoms with Gasteiger partial charge >= 0.3 is 0 Å². The van der Waals surface area contributed by atoms with E-state index < -0.39 is 0 Å². The van der Waals surface area contributed by atoms with E-state index in [0.29, 0.717) is 5.54 Å². The van der Waals surface area contributed by atoms with Crippen LogP contribution in [0, 0.1) is 5.92 Å². The molecule has 0 atom stereocenters. The normalized spacial score (nSPS) is 23.6. The highest BCUT2D eigenvalue weighted by atomic mass is 16.5. The first-order valence-corrected chi connectivity index (χ1v) is 12.9. The molecule has 34 heavy (non-hydrogen) atoms. The summed E-state index contributed by atoms with van der Waals surface area (Å²) in [5.74, 6) is 2.84. The number of hydrogen-bond donors (Lipinski definition) is 2. The van der Waals surface area contributed by atoms with Crippen LogP contribution in [0.4, 0.5) is 5.82 Å². The number of nitrogens with zero attached hydrogens (tertiary/aromatic N) is 4. The molecule has 1 spiro atoms. The molecule has 0 unspecified atom stereocenters. The average molecular weight is 459 g/mol. The standard InChI is InChI=1S/C27H34N6O/c1-26(7-8-26)34-21-2-3-23-22(15-21)25(31-30-23)20-6-12-29-24(14-20)32-17-27(18-32)9-13-33(27)16-19-4-10-28-11-5-19/h2-3,6,12,14-15,19,28H,4-5,7-11,13,16-18H2,1H3,(H,30,31). The molecule has 0 radical (unpaired) electrons. The lowest BCUT2D eigenvalue weighted by atomic mass is 9.76. The zero-order valence-corrected chi connectivity index (χ0v) is 20.0. The summed E-state index contributed by atoms with van der Waals surface area (Å²) in [6, 6.07) is 10.5. The average Bonchev–Trinajstić information content (AvgIpc) is 3.39. The van der Waals surface area contributed by atoms with E-state index in [1.54, 1.807) is 0 Å². The Morgan fingerprint density at radius 3 is 2.71 bits per heavy atom. The summed E-state index contributed by atoms with van der Waals surface area (Å²) >= 11 is 0. The maximum atomic E-state index is 6.21. The second-order valence-corrected chi connectivity index (χ2v) is 11.2. The van der Waals surface area contributed by atoms with Crippen LogP contribution < -0.4 is 15.0 Å². The fourth-order valence-corrected chi connectivity index (χ4v) is 6.01. The molecule has 1 aliphatic carbocycles. The Balaban J connectivity index is 1.08. The van der Waals surface area contributed by atoms with Crippen molar-refractivity contribution in [1.29, 1.82) is 0 Å². The van der Waals surface area contributed by atoms with Crippen LogP contribution in [0.1, 0.15) is 39.0 Å². The van der Waals surface area contributed by atoms with Crippen molar-refractivity contribution in [2.24, 2.45) is 5.92 Å². The van der Waals surface area contributed by atoms with Gasteiger partial charge in [-0.3, -0.25) is 10.00 Å². The molecule has 1 aromatic carbocycles. The molecule has 1 saturated carbocycles. The first kappa shape index (κ1) is 20.7. The van der Waals surface area contributed by atoms with Gasteiger partial charge in [0.15, 0.2) is 0 Å². The Bertz CT molecular complexity index is 1200. The maximum absolute atomic E-state index is 6.21. The Hall–Kier alpha value is -2.64. The van der Waals surface area contributed by atoms with Crippen molar-refractivity contribution in [1.82, 2.24) is 25.4 Å². The molecular formula is C27H34N6O. The lowest BCUT2D eigenvalue weighted by Crippen LogP contribution is -2.77. The minimum atomic E-state index is 0.0121. The Morgan fingerprint density at radius 2 is 1.94 bits per heavy atom. The third-order valence-electron chi connectivity index (χ3n) is 8.62. The number of ether oxygens (including phenoxy) is 1. The number of piperidine rings is 1. The van der Waals surface area contributed by atoms with Gasteiger partial charge in [-0.15, -0.1) is 0 Å². The summed E-state index contributed by atoms with van der Waals surface area (Å²) in [6.45, 7) is 9.25. The third kappa shape index (κ3) is 3.57. The van der Waals surface area contributed by atoms with E-state index >= 15 is 0 Å². The highest BCUT2D eigenvalue weighted by molar-refractivity contribution is 5.94. The molecule has 2 aromatic heterocycles. The van der Waals surface area contributed by atoms with Crippen LogP contribution >= 0.6 is 0 Å². The predicted molar refractivity (Wildman–Crippen MR) is 134 cm³/mol. The third-order valence-corrected chi connectivity index (χ3v) is 8.62. The van der Waals surface area contributed by atoms with E-state index in [4.69, 9.17) is 9.72 Å². The van der Waals surface area contributed by atoms with Crippen molar-refractivity contribution in [3.63, 3.8) is 0 Å². The van der Waals surface area contributed by atoms with Crippen LogP contribution in [0.5, 0.6) is 5.75 Å². The molecular weight excluding hydrogens is 424 g/mol. The Kier molecular flexibility index (Phi) is 4.68. The van der Waals surface area contributed by atoms with Gasteiger partial charge in [-0.2, -0.15) is 5.10 Å². The topological polar surface area (TPSA) is 69.3 Å².